The van der Waals surface area contributed by atoms with Crippen LogP contribution in [0.3, 0.4) is 0 Å². The Morgan fingerprint density at radius 1 is 1.22 bits per heavy atom. The Bertz CT molecular complexity index is 485. The van der Waals surface area contributed by atoms with Gasteiger partial charge in [0.15, 0.2) is 0 Å². The zero-order valence-corrected chi connectivity index (χ0v) is 10.4. The lowest BCUT2D eigenvalue weighted by Crippen LogP contribution is -2.21. The Hall–Kier alpha value is -1.74. The van der Waals surface area contributed by atoms with Crippen molar-refractivity contribution in [1.29, 1.82) is 0 Å². The lowest BCUT2D eigenvalue weighted by molar-refractivity contribution is 0.567. The van der Waals surface area contributed by atoms with E-state index < -0.39 is 0 Å². The van der Waals surface area contributed by atoms with E-state index in [0.717, 1.165) is 18.5 Å². The summed E-state index contributed by atoms with van der Waals surface area (Å²) in [7, 11) is 0. The summed E-state index contributed by atoms with van der Waals surface area (Å²) in [5, 5.41) is 3.39. The topological polar surface area (TPSA) is 24.9 Å². The number of aromatic nitrogens is 1. The van der Waals surface area contributed by atoms with Crippen LogP contribution in [0.25, 0.3) is 0 Å². The zero-order valence-electron chi connectivity index (χ0n) is 10.4. The van der Waals surface area contributed by atoms with Crippen LogP contribution < -0.4 is 5.32 Å². The summed E-state index contributed by atoms with van der Waals surface area (Å²) in [4.78, 5) is 3.98. The molecule has 18 heavy (non-hydrogen) atoms. The van der Waals surface area contributed by atoms with Crippen LogP contribution in [0.2, 0.25) is 0 Å². The number of hydrogen-bond acceptors (Lipinski definition) is 2. The quantitative estimate of drug-likeness (QED) is 0.874. The van der Waals surface area contributed by atoms with Crippen molar-refractivity contribution in [3.05, 3.63) is 65.7 Å². The highest BCUT2D eigenvalue weighted by Gasteiger charge is 2.05. The van der Waals surface area contributed by atoms with Gasteiger partial charge in [0.05, 0.1) is 0 Å². The molecule has 0 saturated heterocycles. The van der Waals surface area contributed by atoms with Crippen molar-refractivity contribution in [3.8, 4) is 0 Å². The van der Waals surface area contributed by atoms with Gasteiger partial charge in [0.2, 0.25) is 0 Å². The molecule has 0 saturated carbocycles. The van der Waals surface area contributed by atoms with Crippen LogP contribution in [0.15, 0.2) is 48.8 Å². The molecule has 1 heterocycles. The van der Waals surface area contributed by atoms with Crippen molar-refractivity contribution < 1.29 is 4.39 Å². The molecule has 0 spiro atoms. The average Bonchev–Trinajstić information content (AvgIpc) is 2.40. The van der Waals surface area contributed by atoms with Crippen molar-refractivity contribution in [1.82, 2.24) is 10.3 Å². The first kappa shape index (κ1) is 12.7. The van der Waals surface area contributed by atoms with Crippen LogP contribution in [0.1, 0.15) is 24.1 Å². The fourth-order valence-corrected chi connectivity index (χ4v) is 1.88. The van der Waals surface area contributed by atoms with Crippen LogP contribution in [0.4, 0.5) is 4.39 Å². The first-order chi connectivity index (χ1) is 8.75. The third-order valence-corrected chi connectivity index (χ3v) is 2.96. The van der Waals surface area contributed by atoms with E-state index in [1.807, 2.05) is 25.1 Å². The normalized spacial score (nSPS) is 12.3. The van der Waals surface area contributed by atoms with E-state index in [1.54, 1.807) is 24.5 Å². The highest BCUT2D eigenvalue weighted by molar-refractivity contribution is 5.19. The van der Waals surface area contributed by atoms with Crippen molar-refractivity contribution in [2.45, 2.75) is 19.4 Å². The number of benzene rings is 1. The molecule has 2 rings (SSSR count). The Labute approximate surface area is 107 Å². The number of pyridine rings is 1. The van der Waals surface area contributed by atoms with Gasteiger partial charge in [-0.1, -0.05) is 12.1 Å². The molecule has 0 amide bonds. The van der Waals surface area contributed by atoms with Gasteiger partial charge in [-0.15, -0.1) is 0 Å². The summed E-state index contributed by atoms with van der Waals surface area (Å²) in [5.41, 5.74) is 2.23. The van der Waals surface area contributed by atoms with Crippen molar-refractivity contribution >= 4 is 0 Å². The van der Waals surface area contributed by atoms with Crippen LogP contribution in [0, 0.1) is 5.82 Å². The van der Waals surface area contributed by atoms with E-state index in [4.69, 9.17) is 0 Å². The Morgan fingerprint density at radius 2 is 2.00 bits per heavy atom. The monoisotopic (exact) mass is 244 g/mol. The minimum atomic E-state index is -0.185. The van der Waals surface area contributed by atoms with Crippen LogP contribution in [0.5, 0.6) is 0 Å². The summed E-state index contributed by atoms with van der Waals surface area (Å²) in [6.45, 7) is 2.91. The molecule has 94 valence electrons. The lowest BCUT2D eigenvalue weighted by Gasteiger charge is -2.14. The SMILES string of the molecule is C[C@H](NCCc1ccncc1)c1cccc(F)c1. The van der Waals surface area contributed by atoms with Gasteiger partial charge in [-0.25, -0.2) is 4.39 Å². The molecule has 0 unspecified atom stereocenters. The van der Waals surface area contributed by atoms with Crippen molar-refractivity contribution in [3.63, 3.8) is 0 Å². The maximum Gasteiger partial charge on any atom is 0.123 e. The van der Waals surface area contributed by atoms with E-state index in [-0.39, 0.29) is 11.9 Å². The number of hydrogen-bond donors (Lipinski definition) is 1. The second-order valence-corrected chi connectivity index (χ2v) is 4.34. The Morgan fingerprint density at radius 3 is 2.72 bits per heavy atom. The molecular formula is C15H17FN2. The largest absolute Gasteiger partial charge is 0.310 e. The van der Waals surface area contributed by atoms with Crippen molar-refractivity contribution in [2.24, 2.45) is 0 Å². The van der Waals surface area contributed by atoms with Gasteiger partial charge < -0.3 is 5.32 Å². The summed E-state index contributed by atoms with van der Waals surface area (Å²) < 4.78 is 13.1. The summed E-state index contributed by atoms with van der Waals surface area (Å²) in [6.07, 6.45) is 4.54. The first-order valence-corrected chi connectivity index (χ1v) is 6.13. The maximum absolute atomic E-state index is 13.1. The second-order valence-electron chi connectivity index (χ2n) is 4.34. The molecule has 0 fully saturated rings. The van der Waals surface area contributed by atoms with E-state index >= 15 is 0 Å². The molecule has 2 nitrogen and oxygen atoms in total. The molecule has 1 aromatic heterocycles. The van der Waals surface area contributed by atoms with Gasteiger partial charge in [0, 0.05) is 18.4 Å². The number of rotatable bonds is 5. The van der Waals surface area contributed by atoms with Crippen LogP contribution >= 0.6 is 0 Å². The smallest absolute Gasteiger partial charge is 0.123 e. The molecule has 0 aliphatic rings. The van der Waals surface area contributed by atoms with Gasteiger partial charge in [0.1, 0.15) is 5.82 Å². The number of nitrogens with zero attached hydrogens (tertiary/aromatic N) is 1. The van der Waals surface area contributed by atoms with E-state index in [2.05, 4.69) is 10.3 Å². The fourth-order valence-electron chi connectivity index (χ4n) is 1.88. The standard InChI is InChI=1S/C15H17FN2/c1-12(14-3-2-4-15(16)11-14)18-10-7-13-5-8-17-9-6-13/h2-6,8-9,11-12,18H,7,10H2,1H3/t12-/m0/s1. The van der Waals surface area contributed by atoms with Gasteiger partial charge in [-0.2, -0.15) is 0 Å². The second kappa shape index (κ2) is 6.26. The van der Waals surface area contributed by atoms with Gasteiger partial charge in [-0.3, -0.25) is 4.98 Å². The average molecular weight is 244 g/mol. The molecule has 1 atom stereocenters. The predicted molar refractivity (Wildman–Crippen MR) is 70.8 cm³/mol. The Balaban J connectivity index is 1.83. The minimum Gasteiger partial charge on any atom is -0.310 e. The van der Waals surface area contributed by atoms with Crippen LogP contribution in [-0.4, -0.2) is 11.5 Å². The van der Waals surface area contributed by atoms with E-state index in [1.165, 1.54) is 11.6 Å². The molecule has 1 aromatic carbocycles. The molecule has 0 aliphatic carbocycles. The molecule has 0 bridgehead atoms. The van der Waals surface area contributed by atoms with Crippen molar-refractivity contribution in [2.75, 3.05) is 6.54 Å². The third kappa shape index (κ3) is 3.64. The summed E-state index contributed by atoms with van der Waals surface area (Å²) in [5.74, 6) is -0.185. The van der Waals surface area contributed by atoms with Gasteiger partial charge in [-0.05, 0) is 55.3 Å². The molecule has 0 radical (unpaired) electrons. The molecule has 1 N–H and O–H groups in total. The summed E-state index contributed by atoms with van der Waals surface area (Å²) in [6, 6.07) is 10.9. The predicted octanol–water partition coefficient (Wildman–Crippen LogP) is 3.11. The maximum atomic E-state index is 13.1. The number of nitrogens with one attached hydrogen (secondary N) is 1. The fraction of sp³-hybridized carbons (Fsp3) is 0.267. The summed E-state index contributed by atoms with van der Waals surface area (Å²) >= 11 is 0. The third-order valence-electron chi connectivity index (χ3n) is 2.96. The minimum absolute atomic E-state index is 0.155. The van der Waals surface area contributed by atoms with Gasteiger partial charge in [0.25, 0.3) is 0 Å². The van der Waals surface area contributed by atoms with Crippen LogP contribution in [-0.2, 0) is 6.42 Å². The molecule has 3 heteroatoms. The highest BCUT2D eigenvalue weighted by Crippen LogP contribution is 2.13. The first-order valence-electron chi connectivity index (χ1n) is 6.13. The zero-order chi connectivity index (χ0) is 12.8. The molecule has 2 aromatic rings. The van der Waals surface area contributed by atoms with Gasteiger partial charge >= 0.3 is 0 Å². The lowest BCUT2D eigenvalue weighted by atomic mass is 10.1. The van der Waals surface area contributed by atoms with E-state index in [9.17, 15) is 4.39 Å². The van der Waals surface area contributed by atoms with E-state index in [0.29, 0.717) is 0 Å². The molecular weight excluding hydrogens is 227 g/mol. The highest BCUT2D eigenvalue weighted by atomic mass is 19.1. The molecule has 0 aliphatic heterocycles. The number of halogens is 1. The Kier molecular flexibility index (Phi) is 4.42.